The molecule has 0 heteroatoms. The van der Waals surface area contributed by atoms with Crippen molar-refractivity contribution in [3.63, 3.8) is 0 Å². The van der Waals surface area contributed by atoms with E-state index in [9.17, 15) is 0 Å². The van der Waals surface area contributed by atoms with Gasteiger partial charge in [0.1, 0.15) is 0 Å². The standard InChI is InChI=1S/C19H20/c1-13(2)18-14(3)12-16-10-7-11-17(19(16)18)15-8-5-4-6-9-15/h4-11,13H,12H2,1-3H3. The van der Waals surface area contributed by atoms with E-state index in [-0.39, 0.29) is 0 Å². The molecule has 0 heterocycles. The van der Waals surface area contributed by atoms with Gasteiger partial charge in [-0.1, -0.05) is 68.0 Å². The van der Waals surface area contributed by atoms with Gasteiger partial charge in [-0.3, -0.25) is 0 Å². The summed E-state index contributed by atoms with van der Waals surface area (Å²) in [5, 5.41) is 0. The minimum atomic E-state index is 0.589. The van der Waals surface area contributed by atoms with Crippen molar-refractivity contribution < 1.29 is 0 Å². The van der Waals surface area contributed by atoms with Crippen LogP contribution in [0.1, 0.15) is 31.9 Å². The van der Waals surface area contributed by atoms with E-state index in [1.807, 2.05) is 0 Å². The fraction of sp³-hybridized carbons (Fsp3) is 0.263. The molecule has 0 fully saturated rings. The van der Waals surface area contributed by atoms with Crippen LogP contribution in [0, 0.1) is 5.92 Å². The summed E-state index contributed by atoms with van der Waals surface area (Å²) >= 11 is 0. The van der Waals surface area contributed by atoms with Crippen molar-refractivity contribution >= 4 is 5.57 Å². The highest BCUT2D eigenvalue weighted by Crippen LogP contribution is 2.42. The number of hydrogen-bond donors (Lipinski definition) is 0. The second kappa shape index (κ2) is 4.70. The minimum absolute atomic E-state index is 0.589. The maximum absolute atomic E-state index is 2.30. The van der Waals surface area contributed by atoms with Gasteiger partial charge in [-0.05, 0) is 47.1 Å². The van der Waals surface area contributed by atoms with Gasteiger partial charge in [0.05, 0.1) is 0 Å². The molecule has 0 unspecified atom stereocenters. The molecule has 0 aliphatic heterocycles. The third-order valence-corrected chi connectivity index (χ3v) is 4.00. The fourth-order valence-corrected chi connectivity index (χ4v) is 3.30. The molecule has 0 bridgehead atoms. The van der Waals surface area contributed by atoms with Gasteiger partial charge in [0, 0.05) is 0 Å². The number of fused-ring (bicyclic) bond motifs is 1. The first-order valence-corrected chi connectivity index (χ1v) is 7.06. The Bertz CT molecular complexity index is 630. The number of hydrogen-bond acceptors (Lipinski definition) is 0. The van der Waals surface area contributed by atoms with E-state index in [4.69, 9.17) is 0 Å². The third kappa shape index (κ3) is 2.02. The molecule has 0 aromatic heterocycles. The number of rotatable bonds is 2. The molecule has 0 atom stereocenters. The van der Waals surface area contributed by atoms with Crippen molar-refractivity contribution in [1.29, 1.82) is 0 Å². The molecule has 3 rings (SSSR count). The van der Waals surface area contributed by atoms with Crippen molar-refractivity contribution in [2.45, 2.75) is 27.2 Å². The first-order chi connectivity index (χ1) is 9.18. The third-order valence-electron chi connectivity index (χ3n) is 4.00. The molecular formula is C19H20. The van der Waals surface area contributed by atoms with Gasteiger partial charge in [0.2, 0.25) is 0 Å². The van der Waals surface area contributed by atoms with Gasteiger partial charge in [-0.2, -0.15) is 0 Å². The van der Waals surface area contributed by atoms with Crippen LogP contribution in [0.5, 0.6) is 0 Å². The Balaban J connectivity index is 2.23. The van der Waals surface area contributed by atoms with E-state index in [0.717, 1.165) is 6.42 Å². The van der Waals surface area contributed by atoms with Crippen molar-refractivity contribution in [1.82, 2.24) is 0 Å². The molecule has 96 valence electrons. The van der Waals surface area contributed by atoms with E-state index in [2.05, 4.69) is 69.3 Å². The Morgan fingerprint density at radius 3 is 2.32 bits per heavy atom. The van der Waals surface area contributed by atoms with Gasteiger partial charge < -0.3 is 0 Å². The molecule has 2 aromatic carbocycles. The van der Waals surface area contributed by atoms with E-state index in [1.54, 1.807) is 5.57 Å². The smallest absolute Gasteiger partial charge is 0.00575 e. The average molecular weight is 248 g/mol. The molecule has 0 saturated heterocycles. The zero-order chi connectivity index (χ0) is 13.4. The maximum atomic E-state index is 2.30. The Hall–Kier alpha value is -1.82. The summed E-state index contributed by atoms with van der Waals surface area (Å²) in [6.45, 7) is 6.88. The van der Waals surface area contributed by atoms with Crippen LogP contribution in [-0.4, -0.2) is 0 Å². The average Bonchev–Trinajstić information content (AvgIpc) is 2.75. The topological polar surface area (TPSA) is 0 Å². The molecule has 0 spiro atoms. The summed E-state index contributed by atoms with van der Waals surface area (Å²) in [7, 11) is 0. The fourth-order valence-electron chi connectivity index (χ4n) is 3.30. The van der Waals surface area contributed by atoms with Crippen LogP contribution < -0.4 is 0 Å². The molecule has 0 radical (unpaired) electrons. The highest BCUT2D eigenvalue weighted by molar-refractivity contribution is 5.88. The second-order valence-electron chi connectivity index (χ2n) is 5.73. The summed E-state index contributed by atoms with van der Waals surface area (Å²) in [4.78, 5) is 0. The van der Waals surface area contributed by atoms with Crippen molar-refractivity contribution in [2.24, 2.45) is 5.92 Å². The monoisotopic (exact) mass is 248 g/mol. The van der Waals surface area contributed by atoms with Crippen LogP contribution in [0.4, 0.5) is 0 Å². The molecule has 1 aliphatic carbocycles. The van der Waals surface area contributed by atoms with Crippen LogP contribution in [0.2, 0.25) is 0 Å². The lowest BCUT2D eigenvalue weighted by Gasteiger charge is -2.15. The lowest BCUT2D eigenvalue weighted by atomic mass is 9.89. The van der Waals surface area contributed by atoms with Crippen molar-refractivity contribution in [3.05, 3.63) is 65.2 Å². The predicted octanol–water partition coefficient (Wildman–Crippen LogP) is 5.34. The zero-order valence-electron chi connectivity index (χ0n) is 11.9. The summed E-state index contributed by atoms with van der Waals surface area (Å²) < 4.78 is 0. The molecule has 0 N–H and O–H groups in total. The predicted molar refractivity (Wildman–Crippen MR) is 83.0 cm³/mol. The Kier molecular flexibility index (Phi) is 3.02. The molecule has 2 aromatic rings. The van der Waals surface area contributed by atoms with Gasteiger partial charge in [0.15, 0.2) is 0 Å². The molecule has 1 aliphatic rings. The van der Waals surface area contributed by atoms with Gasteiger partial charge in [0.25, 0.3) is 0 Å². The zero-order valence-corrected chi connectivity index (χ0v) is 11.9. The lowest BCUT2D eigenvalue weighted by Crippen LogP contribution is -1.96. The van der Waals surface area contributed by atoms with Gasteiger partial charge in [-0.25, -0.2) is 0 Å². The molecule has 0 saturated carbocycles. The van der Waals surface area contributed by atoms with Gasteiger partial charge >= 0.3 is 0 Å². The number of benzene rings is 2. The normalized spacial score (nSPS) is 14.1. The Labute approximate surface area is 115 Å². The molecule has 19 heavy (non-hydrogen) atoms. The Morgan fingerprint density at radius 1 is 0.895 bits per heavy atom. The van der Waals surface area contributed by atoms with Crippen LogP contribution >= 0.6 is 0 Å². The van der Waals surface area contributed by atoms with Crippen LogP contribution in [-0.2, 0) is 6.42 Å². The maximum Gasteiger partial charge on any atom is -0.00575 e. The molecule has 0 nitrogen and oxygen atoms in total. The van der Waals surface area contributed by atoms with E-state index in [1.165, 1.54) is 27.8 Å². The SMILES string of the molecule is CC1=C(C(C)C)c2c(cccc2-c2ccccc2)C1. The van der Waals surface area contributed by atoms with Crippen LogP contribution in [0.3, 0.4) is 0 Å². The van der Waals surface area contributed by atoms with Gasteiger partial charge in [-0.15, -0.1) is 0 Å². The van der Waals surface area contributed by atoms with E-state index in [0.29, 0.717) is 5.92 Å². The number of allylic oxidation sites excluding steroid dienone is 2. The minimum Gasteiger partial charge on any atom is -0.0648 e. The summed E-state index contributed by atoms with van der Waals surface area (Å²) in [6, 6.07) is 17.5. The summed E-state index contributed by atoms with van der Waals surface area (Å²) in [5.41, 5.74) is 8.78. The first-order valence-electron chi connectivity index (χ1n) is 7.06. The second-order valence-corrected chi connectivity index (χ2v) is 5.73. The van der Waals surface area contributed by atoms with E-state index >= 15 is 0 Å². The first kappa shape index (κ1) is 12.2. The Morgan fingerprint density at radius 2 is 1.63 bits per heavy atom. The largest absolute Gasteiger partial charge is 0.0648 e. The lowest BCUT2D eigenvalue weighted by molar-refractivity contribution is 0.851. The van der Waals surface area contributed by atoms with E-state index < -0.39 is 0 Å². The van der Waals surface area contributed by atoms with Crippen LogP contribution in [0.25, 0.3) is 16.7 Å². The quantitative estimate of drug-likeness (QED) is 0.673. The van der Waals surface area contributed by atoms with Crippen molar-refractivity contribution in [3.8, 4) is 11.1 Å². The summed E-state index contributed by atoms with van der Waals surface area (Å²) in [6.07, 6.45) is 1.11. The highest BCUT2D eigenvalue weighted by Gasteiger charge is 2.23. The molecule has 0 amide bonds. The highest BCUT2D eigenvalue weighted by atomic mass is 14.3. The van der Waals surface area contributed by atoms with Crippen LogP contribution in [0.15, 0.2) is 54.1 Å². The molecular weight excluding hydrogens is 228 g/mol. The summed E-state index contributed by atoms with van der Waals surface area (Å²) in [5.74, 6) is 0.589. The van der Waals surface area contributed by atoms with Crippen molar-refractivity contribution in [2.75, 3.05) is 0 Å².